The molecule has 2 heterocycles. The minimum Gasteiger partial charge on any atom is -0.288 e. The Labute approximate surface area is 177 Å². The number of aromatic amines is 1. The fourth-order valence-corrected chi connectivity index (χ4v) is 4.14. The Morgan fingerprint density at radius 2 is 1.71 bits per heavy atom. The first-order valence-corrected chi connectivity index (χ1v) is 10.1. The average Bonchev–Trinajstić information content (AvgIpc) is 3.34. The molecule has 7 nitrogen and oxygen atoms in total. The van der Waals surface area contributed by atoms with Gasteiger partial charge >= 0.3 is 0 Å². The Balaban J connectivity index is 1.67. The highest BCUT2D eigenvalue weighted by Gasteiger charge is 2.33. The lowest BCUT2D eigenvalue weighted by atomic mass is 10.0. The van der Waals surface area contributed by atoms with E-state index in [1.54, 1.807) is 54.6 Å². The van der Waals surface area contributed by atoms with Crippen LogP contribution in [0.2, 0.25) is 0 Å². The van der Waals surface area contributed by atoms with E-state index in [4.69, 9.17) is 0 Å². The number of hydrogen-bond donors (Lipinski definition) is 2. The molecule has 2 aromatic carbocycles. The Hall–Kier alpha value is -4.00. The number of carbonyl (C=O) groups is 2. The van der Waals surface area contributed by atoms with Crippen molar-refractivity contribution in [2.45, 2.75) is 20.3 Å². The highest BCUT2D eigenvalue weighted by Crippen LogP contribution is 2.38. The standard InChI is InChI=1S/C24H20N4O3/c1-13(2)11-14-12-19(26-25-14)23(30)27-28-21-16-8-4-5-9-17(16)22(29)20(21)15-7-3-6-10-18(15)24(28)31/h3-10,12-13H,11H2,1-2H3,(H,25,26)(H,27,30). The number of rotatable bonds is 4. The Morgan fingerprint density at radius 1 is 1.03 bits per heavy atom. The number of H-pyrrole nitrogens is 1. The number of nitrogens with one attached hydrogen (secondary N) is 2. The number of hydrogen-bond acceptors (Lipinski definition) is 4. The molecule has 1 aliphatic rings. The largest absolute Gasteiger partial charge is 0.290 e. The van der Waals surface area contributed by atoms with Crippen LogP contribution in [0, 0.1) is 5.92 Å². The van der Waals surface area contributed by atoms with Gasteiger partial charge in [0, 0.05) is 27.6 Å². The monoisotopic (exact) mass is 412 g/mol. The van der Waals surface area contributed by atoms with Crippen molar-refractivity contribution >= 4 is 22.5 Å². The van der Waals surface area contributed by atoms with Gasteiger partial charge < -0.3 is 0 Å². The number of nitrogens with zero attached hydrogens (tertiary/aromatic N) is 2. The van der Waals surface area contributed by atoms with Crippen LogP contribution in [0.4, 0.5) is 0 Å². The summed E-state index contributed by atoms with van der Waals surface area (Å²) in [6.45, 7) is 4.15. The van der Waals surface area contributed by atoms with Crippen molar-refractivity contribution in [2.75, 3.05) is 5.43 Å². The van der Waals surface area contributed by atoms with Crippen LogP contribution >= 0.6 is 0 Å². The second-order valence-corrected chi connectivity index (χ2v) is 8.10. The molecule has 2 aromatic heterocycles. The number of benzene rings is 2. The van der Waals surface area contributed by atoms with Gasteiger partial charge in [0.15, 0.2) is 11.5 Å². The second kappa shape index (κ2) is 7.05. The molecule has 7 heteroatoms. The van der Waals surface area contributed by atoms with Gasteiger partial charge in [-0.3, -0.25) is 24.9 Å². The highest BCUT2D eigenvalue weighted by atomic mass is 16.2. The zero-order valence-corrected chi connectivity index (χ0v) is 17.1. The zero-order valence-electron chi connectivity index (χ0n) is 17.1. The predicted octanol–water partition coefficient (Wildman–Crippen LogP) is 3.52. The van der Waals surface area contributed by atoms with Crippen molar-refractivity contribution in [1.82, 2.24) is 14.9 Å². The van der Waals surface area contributed by atoms with Crippen LogP contribution in [0.15, 0.2) is 59.4 Å². The molecule has 1 aliphatic carbocycles. The van der Waals surface area contributed by atoms with E-state index in [2.05, 4.69) is 29.5 Å². The van der Waals surface area contributed by atoms with Gasteiger partial charge in [-0.1, -0.05) is 56.3 Å². The molecule has 0 radical (unpaired) electrons. The second-order valence-electron chi connectivity index (χ2n) is 8.10. The van der Waals surface area contributed by atoms with Crippen LogP contribution in [0.1, 0.15) is 46.0 Å². The SMILES string of the molecule is CC(C)Cc1cc(C(=O)Nn2c3c(c4ccccc4c2=O)C(=O)c2ccccc2-3)n[nH]1. The van der Waals surface area contributed by atoms with Gasteiger partial charge in [0.25, 0.3) is 11.5 Å². The summed E-state index contributed by atoms with van der Waals surface area (Å²) in [5.41, 5.74) is 5.25. The summed E-state index contributed by atoms with van der Waals surface area (Å²) in [5, 5.41) is 7.90. The van der Waals surface area contributed by atoms with Crippen LogP contribution in [-0.4, -0.2) is 26.6 Å². The van der Waals surface area contributed by atoms with E-state index in [-0.39, 0.29) is 11.5 Å². The van der Waals surface area contributed by atoms with E-state index in [1.165, 1.54) is 4.68 Å². The molecule has 31 heavy (non-hydrogen) atoms. The maximum atomic E-state index is 13.3. The summed E-state index contributed by atoms with van der Waals surface area (Å²) in [6, 6.07) is 15.7. The molecular formula is C24H20N4O3. The Morgan fingerprint density at radius 3 is 2.45 bits per heavy atom. The van der Waals surface area contributed by atoms with Crippen molar-refractivity contribution in [2.24, 2.45) is 5.92 Å². The molecule has 0 bridgehead atoms. The third-order valence-corrected chi connectivity index (χ3v) is 5.45. The van der Waals surface area contributed by atoms with Gasteiger partial charge in [-0.25, -0.2) is 4.68 Å². The lowest BCUT2D eigenvalue weighted by molar-refractivity contribution is 0.0999. The van der Waals surface area contributed by atoms with E-state index < -0.39 is 11.5 Å². The molecule has 0 aliphatic heterocycles. The fraction of sp³-hybridized carbons (Fsp3) is 0.167. The van der Waals surface area contributed by atoms with Crippen molar-refractivity contribution in [3.8, 4) is 11.3 Å². The number of pyridine rings is 1. The number of carbonyl (C=O) groups excluding carboxylic acids is 2. The first kappa shape index (κ1) is 19.0. The molecular weight excluding hydrogens is 392 g/mol. The zero-order chi connectivity index (χ0) is 21.7. The lowest BCUT2D eigenvalue weighted by Gasteiger charge is -2.15. The minimum absolute atomic E-state index is 0.163. The molecule has 5 rings (SSSR count). The first-order chi connectivity index (χ1) is 15.0. The molecule has 1 amide bonds. The number of ketones is 1. The fourth-order valence-electron chi connectivity index (χ4n) is 4.14. The molecule has 0 spiro atoms. The summed E-state index contributed by atoms with van der Waals surface area (Å²) < 4.78 is 1.18. The van der Waals surface area contributed by atoms with Crippen molar-refractivity contribution < 1.29 is 9.59 Å². The third-order valence-electron chi connectivity index (χ3n) is 5.45. The summed E-state index contributed by atoms with van der Waals surface area (Å²) in [7, 11) is 0. The number of aromatic nitrogens is 3. The van der Waals surface area contributed by atoms with E-state index in [9.17, 15) is 14.4 Å². The predicted molar refractivity (Wildman–Crippen MR) is 118 cm³/mol. The molecule has 0 saturated heterocycles. The molecule has 2 N–H and O–H groups in total. The number of fused-ring (bicyclic) bond motifs is 5. The van der Waals surface area contributed by atoms with Crippen LogP contribution < -0.4 is 11.0 Å². The normalized spacial score (nSPS) is 12.3. The lowest BCUT2D eigenvalue weighted by Crippen LogP contribution is -2.35. The van der Waals surface area contributed by atoms with Crippen molar-refractivity contribution in [3.05, 3.63) is 87.5 Å². The van der Waals surface area contributed by atoms with Crippen LogP contribution in [-0.2, 0) is 6.42 Å². The summed E-state index contributed by atoms with van der Waals surface area (Å²) in [6.07, 6.45) is 0.757. The summed E-state index contributed by atoms with van der Waals surface area (Å²) in [5.74, 6) is -0.281. The van der Waals surface area contributed by atoms with E-state index in [1.807, 2.05) is 0 Å². The van der Waals surface area contributed by atoms with Gasteiger partial charge in [-0.15, -0.1) is 0 Å². The highest BCUT2D eigenvalue weighted by molar-refractivity contribution is 6.26. The van der Waals surface area contributed by atoms with Gasteiger partial charge in [0.1, 0.15) is 0 Å². The third kappa shape index (κ3) is 2.97. The molecule has 4 aromatic rings. The Bertz CT molecular complexity index is 1430. The van der Waals surface area contributed by atoms with Gasteiger partial charge in [-0.05, 0) is 24.5 Å². The topological polar surface area (TPSA) is 96.8 Å². The molecule has 154 valence electrons. The molecule has 0 unspecified atom stereocenters. The van der Waals surface area contributed by atoms with Gasteiger partial charge in [0.05, 0.1) is 11.3 Å². The van der Waals surface area contributed by atoms with Gasteiger partial charge in [-0.2, -0.15) is 5.10 Å². The molecule has 0 fully saturated rings. The maximum absolute atomic E-state index is 13.3. The van der Waals surface area contributed by atoms with Crippen molar-refractivity contribution in [1.29, 1.82) is 0 Å². The number of amides is 1. The quantitative estimate of drug-likeness (QED) is 0.472. The van der Waals surface area contributed by atoms with Crippen LogP contribution in [0.5, 0.6) is 0 Å². The van der Waals surface area contributed by atoms with E-state index >= 15 is 0 Å². The van der Waals surface area contributed by atoms with E-state index in [0.29, 0.717) is 39.1 Å². The average molecular weight is 412 g/mol. The minimum atomic E-state index is -0.525. The molecule has 0 saturated carbocycles. The first-order valence-electron chi connectivity index (χ1n) is 10.1. The summed E-state index contributed by atoms with van der Waals surface area (Å²) in [4.78, 5) is 39.5. The molecule has 0 atom stereocenters. The van der Waals surface area contributed by atoms with E-state index in [0.717, 1.165) is 12.1 Å². The summed E-state index contributed by atoms with van der Waals surface area (Å²) >= 11 is 0. The van der Waals surface area contributed by atoms with Gasteiger partial charge in [0.2, 0.25) is 0 Å². The van der Waals surface area contributed by atoms with Crippen LogP contribution in [0.3, 0.4) is 0 Å². The van der Waals surface area contributed by atoms with Crippen molar-refractivity contribution in [3.63, 3.8) is 0 Å². The maximum Gasteiger partial charge on any atom is 0.290 e. The smallest absolute Gasteiger partial charge is 0.288 e. The van der Waals surface area contributed by atoms with Crippen LogP contribution in [0.25, 0.3) is 22.0 Å². The Kier molecular flexibility index (Phi) is 4.32.